The molecule has 144 valence electrons. The fourth-order valence-electron chi connectivity index (χ4n) is 2.90. The Bertz CT molecular complexity index is 897. The molecule has 3 rings (SSSR count). The molecule has 1 aliphatic heterocycles. The molecule has 0 unspecified atom stereocenters. The quantitative estimate of drug-likeness (QED) is 0.542. The fourth-order valence-corrected chi connectivity index (χ4v) is 5.57. The van der Waals surface area contributed by atoms with Crippen LogP contribution in [0.4, 0.5) is 0 Å². The Morgan fingerprint density at radius 3 is 2.37 bits per heavy atom. The molecular weight excluding hydrogens is 386 g/mol. The second-order valence-corrected chi connectivity index (χ2v) is 9.18. The normalized spacial score (nSPS) is 15.9. The van der Waals surface area contributed by atoms with Gasteiger partial charge >= 0.3 is 5.97 Å². The molecular formula is C19H21NO5S2. The fraction of sp³-hybridized carbons (Fsp3) is 0.368. The van der Waals surface area contributed by atoms with E-state index in [-0.39, 0.29) is 22.2 Å². The summed E-state index contributed by atoms with van der Waals surface area (Å²) in [7, 11) is -3.60. The summed E-state index contributed by atoms with van der Waals surface area (Å²) in [6.45, 7) is 0.627. The highest BCUT2D eigenvalue weighted by atomic mass is 32.2. The van der Waals surface area contributed by atoms with E-state index in [0.29, 0.717) is 18.7 Å². The molecule has 0 amide bonds. The van der Waals surface area contributed by atoms with Crippen LogP contribution in [-0.4, -0.2) is 44.2 Å². The second-order valence-electron chi connectivity index (χ2n) is 6.33. The lowest BCUT2D eigenvalue weighted by Gasteiger charge is -2.18. The minimum atomic E-state index is -3.60. The molecule has 2 heterocycles. The summed E-state index contributed by atoms with van der Waals surface area (Å²) >= 11 is 1.01. The first-order valence-corrected chi connectivity index (χ1v) is 11.1. The third kappa shape index (κ3) is 4.82. The van der Waals surface area contributed by atoms with E-state index in [2.05, 4.69) is 0 Å². The number of rotatable bonds is 6. The Labute approximate surface area is 162 Å². The van der Waals surface area contributed by atoms with Crippen molar-refractivity contribution in [2.45, 2.75) is 30.6 Å². The number of nitrogens with zero attached hydrogens (tertiary/aromatic N) is 1. The first-order chi connectivity index (χ1) is 13.0. The van der Waals surface area contributed by atoms with Gasteiger partial charge in [-0.15, -0.1) is 11.3 Å². The van der Waals surface area contributed by atoms with Gasteiger partial charge in [-0.1, -0.05) is 43.2 Å². The number of ether oxygens (including phenoxy) is 1. The van der Waals surface area contributed by atoms with E-state index in [4.69, 9.17) is 4.74 Å². The van der Waals surface area contributed by atoms with E-state index in [0.717, 1.165) is 37.0 Å². The Hall–Kier alpha value is -2.03. The van der Waals surface area contributed by atoms with Crippen LogP contribution in [0.5, 0.6) is 0 Å². The van der Waals surface area contributed by atoms with E-state index in [1.807, 2.05) is 0 Å². The number of ketones is 1. The van der Waals surface area contributed by atoms with Crippen molar-refractivity contribution in [1.29, 1.82) is 0 Å². The average Bonchev–Trinajstić information content (AvgIpc) is 3.03. The topological polar surface area (TPSA) is 80.8 Å². The number of carbonyl (C=O) groups excluding carboxylic acids is 2. The van der Waals surface area contributed by atoms with Gasteiger partial charge in [-0.25, -0.2) is 13.2 Å². The van der Waals surface area contributed by atoms with Gasteiger partial charge in [0, 0.05) is 24.0 Å². The number of esters is 1. The highest BCUT2D eigenvalue weighted by Gasteiger charge is 2.27. The minimum absolute atomic E-state index is 0.107. The lowest BCUT2D eigenvalue weighted by Crippen LogP contribution is -2.31. The van der Waals surface area contributed by atoms with Crippen molar-refractivity contribution in [3.05, 3.63) is 52.2 Å². The minimum Gasteiger partial charge on any atom is -0.453 e. The van der Waals surface area contributed by atoms with Crippen molar-refractivity contribution in [1.82, 2.24) is 4.31 Å². The maximum Gasteiger partial charge on any atom is 0.348 e. The molecule has 0 bridgehead atoms. The summed E-state index contributed by atoms with van der Waals surface area (Å²) in [5, 5.41) is 1.45. The molecule has 8 heteroatoms. The third-order valence-electron chi connectivity index (χ3n) is 4.41. The van der Waals surface area contributed by atoms with E-state index in [9.17, 15) is 18.0 Å². The molecule has 1 saturated heterocycles. The van der Waals surface area contributed by atoms with Crippen LogP contribution < -0.4 is 0 Å². The molecule has 27 heavy (non-hydrogen) atoms. The zero-order valence-corrected chi connectivity index (χ0v) is 16.4. The van der Waals surface area contributed by atoms with Crippen LogP contribution >= 0.6 is 11.3 Å². The van der Waals surface area contributed by atoms with Gasteiger partial charge in [0.1, 0.15) is 4.88 Å². The van der Waals surface area contributed by atoms with Crippen LogP contribution in [0, 0.1) is 0 Å². The molecule has 2 aromatic rings. The number of sulfonamides is 1. The van der Waals surface area contributed by atoms with Gasteiger partial charge in [0.2, 0.25) is 10.0 Å². The predicted molar refractivity (Wildman–Crippen MR) is 103 cm³/mol. The molecule has 0 spiro atoms. The molecule has 0 N–H and O–H groups in total. The summed E-state index contributed by atoms with van der Waals surface area (Å²) in [6, 6.07) is 9.88. The van der Waals surface area contributed by atoms with Gasteiger partial charge in [0.15, 0.2) is 12.4 Å². The van der Waals surface area contributed by atoms with Crippen molar-refractivity contribution >= 4 is 33.1 Å². The predicted octanol–water partition coefficient (Wildman–Crippen LogP) is 3.35. The zero-order valence-electron chi connectivity index (χ0n) is 14.8. The first kappa shape index (κ1) is 19.7. The number of hydrogen-bond acceptors (Lipinski definition) is 6. The largest absolute Gasteiger partial charge is 0.453 e. The third-order valence-corrected chi connectivity index (χ3v) is 7.35. The number of carbonyl (C=O) groups is 2. The Balaban J connectivity index is 1.64. The molecule has 1 fully saturated rings. The van der Waals surface area contributed by atoms with Gasteiger partial charge < -0.3 is 4.74 Å². The maximum absolute atomic E-state index is 12.8. The number of thiophene rings is 1. The summed E-state index contributed by atoms with van der Waals surface area (Å²) < 4.78 is 32.0. The van der Waals surface area contributed by atoms with Crippen LogP contribution in [0.25, 0.3) is 0 Å². The van der Waals surface area contributed by atoms with Crippen molar-refractivity contribution in [3.8, 4) is 0 Å². The molecule has 0 aliphatic carbocycles. The van der Waals surface area contributed by atoms with Crippen LogP contribution in [0.15, 0.2) is 46.7 Å². The molecule has 6 nitrogen and oxygen atoms in total. The Morgan fingerprint density at radius 1 is 1.04 bits per heavy atom. The number of Topliss-reactive ketones (excluding diaryl/α,β-unsaturated/α-hetero) is 1. The summed E-state index contributed by atoms with van der Waals surface area (Å²) in [6.07, 6.45) is 3.76. The van der Waals surface area contributed by atoms with Crippen LogP contribution in [-0.2, 0) is 14.8 Å². The van der Waals surface area contributed by atoms with Crippen molar-refractivity contribution < 1.29 is 22.7 Å². The van der Waals surface area contributed by atoms with Gasteiger partial charge in [-0.05, 0) is 18.9 Å². The molecule has 1 aliphatic rings. The molecule has 1 aromatic carbocycles. The molecule has 0 radical (unpaired) electrons. The standard InChI is InChI=1S/C19H21NO5S2/c21-17(15-8-4-3-5-9-15)13-25-19(22)18-12-16(14-26-18)27(23,24)20-10-6-1-2-7-11-20/h3-5,8-9,12,14H,1-2,6-7,10-11,13H2. The SMILES string of the molecule is O=C(COC(=O)c1cc(S(=O)(=O)N2CCCCCC2)cs1)c1ccccc1. The zero-order chi connectivity index (χ0) is 19.3. The summed E-state index contributed by atoms with van der Waals surface area (Å²) in [4.78, 5) is 24.5. The average molecular weight is 408 g/mol. The summed E-state index contributed by atoms with van der Waals surface area (Å²) in [5.74, 6) is -1.00. The van der Waals surface area contributed by atoms with Crippen molar-refractivity contribution in [2.75, 3.05) is 19.7 Å². The molecule has 0 saturated carbocycles. The number of benzene rings is 1. The van der Waals surface area contributed by atoms with E-state index < -0.39 is 16.0 Å². The van der Waals surface area contributed by atoms with Crippen LogP contribution in [0.1, 0.15) is 45.7 Å². The first-order valence-electron chi connectivity index (χ1n) is 8.82. The van der Waals surface area contributed by atoms with E-state index >= 15 is 0 Å². The van der Waals surface area contributed by atoms with E-state index in [1.54, 1.807) is 30.3 Å². The van der Waals surface area contributed by atoms with E-state index in [1.165, 1.54) is 15.8 Å². The second kappa shape index (κ2) is 8.77. The van der Waals surface area contributed by atoms with Crippen molar-refractivity contribution in [2.24, 2.45) is 0 Å². The lowest BCUT2D eigenvalue weighted by atomic mass is 10.1. The highest BCUT2D eigenvalue weighted by Crippen LogP contribution is 2.25. The summed E-state index contributed by atoms with van der Waals surface area (Å²) in [5.41, 5.74) is 0.459. The molecule has 0 atom stereocenters. The highest BCUT2D eigenvalue weighted by molar-refractivity contribution is 7.89. The number of hydrogen-bond donors (Lipinski definition) is 0. The van der Waals surface area contributed by atoms with Gasteiger partial charge in [-0.2, -0.15) is 4.31 Å². The van der Waals surface area contributed by atoms with Gasteiger partial charge in [0.25, 0.3) is 0 Å². The monoisotopic (exact) mass is 407 g/mol. The van der Waals surface area contributed by atoms with Crippen LogP contribution in [0.3, 0.4) is 0 Å². The Morgan fingerprint density at radius 2 is 1.70 bits per heavy atom. The van der Waals surface area contributed by atoms with Gasteiger partial charge in [0.05, 0.1) is 4.90 Å². The van der Waals surface area contributed by atoms with Crippen LogP contribution in [0.2, 0.25) is 0 Å². The van der Waals surface area contributed by atoms with Crippen molar-refractivity contribution in [3.63, 3.8) is 0 Å². The molecule has 1 aromatic heterocycles. The lowest BCUT2D eigenvalue weighted by molar-refractivity contribution is 0.0479. The van der Waals surface area contributed by atoms with Gasteiger partial charge in [-0.3, -0.25) is 4.79 Å². The smallest absolute Gasteiger partial charge is 0.348 e. The maximum atomic E-state index is 12.8. The Kier molecular flexibility index (Phi) is 6.41.